The SMILES string of the molecule is C[Si](C)(OC1=Cc2ccccc2C1C[CH](C1C(O[Si](C)(C)C2CCCCC2)=Cc2ccccc21)[Zr]([Cl])[Cl])C1CCCCC1. The van der Waals surface area contributed by atoms with E-state index in [-0.39, 0.29) is 15.5 Å². The first-order chi connectivity index (χ1) is 20.6. The van der Waals surface area contributed by atoms with Crippen LogP contribution in [-0.2, 0) is 28.2 Å². The van der Waals surface area contributed by atoms with Gasteiger partial charge in [0.25, 0.3) is 0 Å². The van der Waals surface area contributed by atoms with Crippen molar-refractivity contribution >= 4 is 45.8 Å². The Morgan fingerprint density at radius 3 is 1.70 bits per heavy atom. The average molecular weight is 732 g/mol. The predicted molar refractivity (Wildman–Crippen MR) is 185 cm³/mol. The molecule has 0 amide bonds. The quantitative estimate of drug-likeness (QED) is 0.227. The Morgan fingerprint density at radius 2 is 1.14 bits per heavy atom. The Bertz CT molecular complexity index is 1340. The van der Waals surface area contributed by atoms with E-state index in [1.54, 1.807) is 0 Å². The molecule has 0 saturated heterocycles. The molecule has 4 aliphatic rings. The Morgan fingerprint density at radius 1 is 0.674 bits per heavy atom. The first-order valence-electron chi connectivity index (χ1n) is 16.8. The van der Waals surface area contributed by atoms with Gasteiger partial charge in [0.2, 0.25) is 0 Å². The summed E-state index contributed by atoms with van der Waals surface area (Å²) in [5.41, 5.74) is 6.75. The van der Waals surface area contributed by atoms with Crippen LogP contribution in [0.5, 0.6) is 0 Å². The van der Waals surface area contributed by atoms with Gasteiger partial charge in [0.05, 0.1) is 0 Å². The first kappa shape index (κ1) is 32.4. The van der Waals surface area contributed by atoms with Crippen LogP contribution in [0.3, 0.4) is 0 Å². The molecule has 0 aliphatic heterocycles. The van der Waals surface area contributed by atoms with Crippen LogP contribution in [0.1, 0.15) is 105 Å². The number of hydrogen-bond acceptors (Lipinski definition) is 2. The molecule has 3 unspecified atom stereocenters. The van der Waals surface area contributed by atoms with Crippen molar-refractivity contribution in [1.29, 1.82) is 0 Å². The fourth-order valence-electron chi connectivity index (χ4n) is 8.52. The van der Waals surface area contributed by atoms with Crippen LogP contribution in [0.4, 0.5) is 0 Å². The molecular weight excluding hydrogens is 683 g/mol. The molecule has 6 rings (SSSR count). The summed E-state index contributed by atoms with van der Waals surface area (Å²) in [4.78, 5) is 0. The van der Waals surface area contributed by atoms with Crippen LogP contribution in [0.2, 0.25) is 40.9 Å². The van der Waals surface area contributed by atoms with E-state index in [9.17, 15) is 0 Å². The summed E-state index contributed by atoms with van der Waals surface area (Å²) in [5.74, 6) is 2.64. The molecule has 0 N–H and O–H groups in total. The Hall–Kier alpha value is -0.583. The van der Waals surface area contributed by atoms with E-state index in [4.69, 9.17) is 25.9 Å². The van der Waals surface area contributed by atoms with Gasteiger partial charge in [-0.2, -0.15) is 0 Å². The van der Waals surface area contributed by atoms with Crippen LogP contribution < -0.4 is 0 Å². The van der Waals surface area contributed by atoms with Gasteiger partial charge in [0.1, 0.15) is 0 Å². The monoisotopic (exact) mass is 729 g/mol. The molecule has 2 aromatic rings. The zero-order valence-electron chi connectivity index (χ0n) is 26.5. The van der Waals surface area contributed by atoms with Crippen LogP contribution in [-0.4, -0.2) is 16.6 Å². The molecule has 2 fully saturated rings. The summed E-state index contributed by atoms with van der Waals surface area (Å²) < 4.78 is 14.7. The van der Waals surface area contributed by atoms with E-state index < -0.39 is 36.0 Å². The molecule has 2 saturated carbocycles. The van der Waals surface area contributed by atoms with Crippen molar-refractivity contribution in [2.24, 2.45) is 0 Å². The van der Waals surface area contributed by atoms with Gasteiger partial charge in [-0.25, -0.2) is 0 Å². The maximum absolute atomic E-state index is 7.26. The molecule has 2 aromatic carbocycles. The standard InChI is InChI=1S/C36H49O2Si2.2ClH.Zr/c1-39(2,29-17-7-5-8-18-29)37-35-25-27-15-11-13-21-31(27)33(35)23-24-34-32-22-14-12-16-28(32)26-36(34)38-40(3,4)30-19-9-6-10-20-30;;;/h11-16,21-23,25-26,29-30,33-34H,5-10,17-20,24H2,1-4H3;2*1H;/q;;;+2/p-2. The van der Waals surface area contributed by atoms with Crippen molar-refractivity contribution in [1.82, 2.24) is 0 Å². The van der Waals surface area contributed by atoms with Crippen molar-refractivity contribution in [3.8, 4) is 0 Å². The van der Waals surface area contributed by atoms with Gasteiger partial charge < -0.3 is 0 Å². The molecule has 7 heteroatoms. The van der Waals surface area contributed by atoms with E-state index in [0.29, 0.717) is 5.54 Å². The third-order valence-corrected chi connectivity index (χ3v) is 23.8. The van der Waals surface area contributed by atoms with Crippen molar-refractivity contribution in [2.75, 3.05) is 0 Å². The van der Waals surface area contributed by atoms with Gasteiger partial charge in [-0.15, -0.1) is 0 Å². The minimum atomic E-state index is -2.82. The molecule has 0 aromatic heterocycles. The van der Waals surface area contributed by atoms with Crippen LogP contribution in [0, 0.1) is 0 Å². The predicted octanol–water partition coefficient (Wildman–Crippen LogP) is 12.5. The zero-order valence-corrected chi connectivity index (χ0v) is 32.5. The fraction of sp³-hybridized carbons (Fsp3) is 0.556. The second-order valence-corrected chi connectivity index (χ2v) is 32.3. The van der Waals surface area contributed by atoms with Crippen molar-refractivity contribution < 1.29 is 28.2 Å². The second-order valence-electron chi connectivity index (χ2n) is 14.6. The molecule has 0 radical (unpaired) electrons. The molecule has 0 heterocycles. The Kier molecular flexibility index (Phi) is 10.3. The summed E-state index contributed by atoms with van der Waals surface area (Å²) in [7, 11) is 10.6. The van der Waals surface area contributed by atoms with E-state index in [1.807, 2.05) is 0 Å². The molecule has 0 spiro atoms. The van der Waals surface area contributed by atoms with Crippen molar-refractivity contribution in [3.05, 3.63) is 82.3 Å². The normalized spacial score (nSPS) is 23.7. The Labute approximate surface area is 277 Å². The number of fused-ring (bicyclic) bond motifs is 2. The number of rotatable bonds is 10. The number of allylic oxidation sites excluding steroid dienone is 2. The van der Waals surface area contributed by atoms with Crippen LogP contribution in [0.15, 0.2) is 60.0 Å². The van der Waals surface area contributed by atoms with Gasteiger partial charge in [-0.1, -0.05) is 0 Å². The second kappa shape index (κ2) is 13.6. The van der Waals surface area contributed by atoms with Gasteiger partial charge in [0, 0.05) is 0 Å². The number of hydrogen-bond donors (Lipinski definition) is 0. The van der Waals surface area contributed by atoms with E-state index in [2.05, 4.69) is 86.9 Å². The van der Waals surface area contributed by atoms with Crippen LogP contribution in [0.25, 0.3) is 12.2 Å². The van der Waals surface area contributed by atoms with Crippen LogP contribution >= 0.6 is 17.0 Å². The molecule has 3 atom stereocenters. The topological polar surface area (TPSA) is 18.5 Å². The fourth-order valence-corrected chi connectivity index (χ4v) is 19.1. The number of benzene rings is 2. The molecule has 4 aliphatic carbocycles. The van der Waals surface area contributed by atoms with Gasteiger partial charge in [-0.05, 0) is 0 Å². The molecule has 231 valence electrons. The van der Waals surface area contributed by atoms with Gasteiger partial charge in [0.15, 0.2) is 0 Å². The molecule has 2 nitrogen and oxygen atoms in total. The summed E-state index contributed by atoms with van der Waals surface area (Å²) in [6.45, 7) is 9.79. The maximum atomic E-state index is 7.26. The van der Waals surface area contributed by atoms with Crippen molar-refractivity contribution in [2.45, 2.75) is 123 Å². The summed E-state index contributed by atoms with van der Waals surface area (Å²) in [5, 5.41) is 0. The van der Waals surface area contributed by atoms with Gasteiger partial charge >= 0.3 is 280 Å². The minimum absolute atomic E-state index is 0.133. The van der Waals surface area contributed by atoms with E-state index >= 15 is 0 Å². The number of halogens is 2. The summed E-state index contributed by atoms with van der Waals surface area (Å²) in [6, 6.07) is 17.8. The molecular formula is C36H49Cl2O2Si2Zr. The summed E-state index contributed by atoms with van der Waals surface area (Å²) in [6.07, 6.45) is 19.0. The van der Waals surface area contributed by atoms with Crippen molar-refractivity contribution in [3.63, 3.8) is 0 Å². The third kappa shape index (κ3) is 7.07. The van der Waals surface area contributed by atoms with E-state index in [0.717, 1.165) is 17.7 Å². The summed E-state index contributed by atoms with van der Waals surface area (Å²) >= 11 is -2.82. The Balaban J connectivity index is 1.31. The van der Waals surface area contributed by atoms with E-state index in [1.165, 1.54) is 92.2 Å². The van der Waals surface area contributed by atoms with Gasteiger partial charge in [-0.3, -0.25) is 0 Å². The molecule has 43 heavy (non-hydrogen) atoms. The first-order valence-corrected chi connectivity index (χ1v) is 30.5. The molecule has 0 bridgehead atoms. The zero-order chi connectivity index (χ0) is 30.2. The average Bonchev–Trinajstić information content (AvgIpc) is 3.52. The third-order valence-electron chi connectivity index (χ3n) is 11.1.